The van der Waals surface area contributed by atoms with Crippen LogP contribution in [0.5, 0.6) is 0 Å². The minimum Gasteiger partial charge on any atom is -0.444 e. The van der Waals surface area contributed by atoms with Crippen LogP contribution in [-0.2, 0) is 17.8 Å². The molecule has 0 aromatic heterocycles. The number of benzene rings is 2. The van der Waals surface area contributed by atoms with Crippen molar-refractivity contribution < 1.29 is 14.3 Å². The van der Waals surface area contributed by atoms with E-state index >= 15 is 0 Å². The van der Waals surface area contributed by atoms with Crippen molar-refractivity contribution in [3.8, 4) is 0 Å². The second kappa shape index (κ2) is 11.3. The number of rotatable bonds is 7. The number of nitrogens with zero attached hydrogens (tertiary/aromatic N) is 2. The lowest BCUT2D eigenvalue weighted by Crippen LogP contribution is -2.45. The van der Waals surface area contributed by atoms with Gasteiger partial charge in [0.1, 0.15) is 5.60 Å². The van der Waals surface area contributed by atoms with Crippen LogP contribution in [0.4, 0.5) is 10.5 Å². The molecule has 1 fully saturated rings. The summed E-state index contributed by atoms with van der Waals surface area (Å²) in [6.07, 6.45) is -0.521. The largest absolute Gasteiger partial charge is 0.444 e. The van der Waals surface area contributed by atoms with E-state index in [4.69, 9.17) is 4.74 Å². The summed E-state index contributed by atoms with van der Waals surface area (Å²) in [7, 11) is 0. The Balaban J connectivity index is 1.53. The third-order valence-electron chi connectivity index (χ3n) is 5.66. The maximum Gasteiger partial charge on any atom is 0.412 e. The van der Waals surface area contributed by atoms with Crippen molar-refractivity contribution >= 4 is 17.7 Å². The normalized spacial score (nSPS) is 15.2. The lowest BCUT2D eigenvalue weighted by Gasteiger charge is -2.34. The van der Waals surface area contributed by atoms with Gasteiger partial charge in [-0.25, -0.2) is 4.79 Å². The Morgan fingerprint density at radius 2 is 1.52 bits per heavy atom. The first-order valence-electron chi connectivity index (χ1n) is 11.6. The Hall–Kier alpha value is -2.90. The second-order valence-corrected chi connectivity index (χ2v) is 9.37. The number of carbonyl (C=O) groups excluding carboxylic acids is 2. The van der Waals surface area contributed by atoms with E-state index in [1.54, 1.807) is 24.3 Å². The van der Waals surface area contributed by atoms with Crippen LogP contribution in [0.15, 0.2) is 48.5 Å². The Kier molecular flexibility index (Phi) is 8.47. The fourth-order valence-corrected chi connectivity index (χ4v) is 3.79. The molecule has 0 saturated carbocycles. The second-order valence-electron chi connectivity index (χ2n) is 9.37. The van der Waals surface area contributed by atoms with Crippen LogP contribution in [-0.4, -0.2) is 60.1 Å². The van der Waals surface area contributed by atoms with Crippen molar-refractivity contribution in [3.63, 3.8) is 0 Å². The molecule has 33 heavy (non-hydrogen) atoms. The zero-order valence-corrected chi connectivity index (χ0v) is 20.2. The van der Waals surface area contributed by atoms with E-state index in [1.807, 2.05) is 26.8 Å². The molecular weight excluding hydrogens is 416 g/mol. The van der Waals surface area contributed by atoms with Crippen molar-refractivity contribution in [2.24, 2.45) is 0 Å². The number of hydrogen-bond acceptors (Lipinski definition) is 5. The predicted octanol–water partition coefficient (Wildman–Crippen LogP) is 4.10. The molecule has 178 valence electrons. The molecule has 0 spiro atoms. The molecule has 0 aliphatic carbocycles. The third-order valence-corrected chi connectivity index (χ3v) is 5.66. The summed E-state index contributed by atoms with van der Waals surface area (Å²) < 4.78 is 5.25. The SMILES string of the molecule is CCN1CCN(Cc2ccccc2CNC(=O)c2ccc(NC(=O)OC(C)(C)C)cc2)CC1. The third kappa shape index (κ3) is 7.87. The van der Waals surface area contributed by atoms with Gasteiger partial charge in [0.15, 0.2) is 0 Å². The van der Waals surface area contributed by atoms with Crippen molar-refractivity contribution in [1.29, 1.82) is 0 Å². The van der Waals surface area contributed by atoms with E-state index < -0.39 is 11.7 Å². The number of ether oxygens (including phenoxy) is 1. The highest BCUT2D eigenvalue weighted by Crippen LogP contribution is 2.15. The molecule has 1 aliphatic rings. The standard InChI is InChI=1S/C26H36N4O3/c1-5-29-14-16-30(17-15-29)19-22-9-7-6-8-21(22)18-27-24(31)20-10-12-23(13-11-20)28-25(32)33-26(2,3)4/h6-13H,5,14-19H2,1-4H3,(H,27,31)(H,28,32). The smallest absolute Gasteiger partial charge is 0.412 e. The van der Waals surface area contributed by atoms with Crippen LogP contribution in [0.1, 0.15) is 49.2 Å². The minimum absolute atomic E-state index is 0.148. The van der Waals surface area contributed by atoms with Gasteiger partial charge in [0, 0.05) is 50.5 Å². The van der Waals surface area contributed by atoms with Gasteiger partial charge in [-0.05, 0) is 62.7 Å². The summed E-state index contributed by atoms with van der Waals surface area (Å²) in [5.41, 5.74) is 2.93. The molecule has 2 amide bonds. The van der Waals surface area contributed by atoms with Gasteiger partial charge in [-0.2, -0.15) is 0 Å². The van der Waals surface area contributed by atoms with Crippen molar-refractivity contribution in [3.05, 3.63) is 65.2 Å². The monoisotopic (exact) mass is 452 g/mol. The number of carbonyl (C=O) groups is 2. The fourth-order valence-electron chi connectivity index (χ4n) is 3.79. The van der Waals surface area contributed by atoms with Gasteiger partial charge in [0.25, 0.3) is 5.91 Å². The molecule has 0 atom stereocenters. The molecule has 0 unspecified atom stereocenters. The summed E-state index contributed by atoms with van der Waals surface area (Å²) >= 11 is 0. The predicted molar refractivity (Wildman–Crippen MR) is 131 cm³/mol. The molecule has 0 radical (unpaired) electrons. The minimum atomic E-state index is -0.565. The summed E-state index contributed by atoms with van der Waals surface area (Å²) in [6, 6.07) is 15.1. The number of anilines is 1. The highest BCUT2D eigenvalue weighted by atomic mass is 16.6. The van der Waals surface area contributed by atoms with Crippen LogP contribution < -0.4 is 10.6 Å². The number of likely N-dealkylation sites (N-methyl/N-ethyl adjacent to an activating group) is 1. The maximum absolute atomic E-state index is 12.7. The molecule has 1 saturated heterocycles. The van der Waals surface area contributed by atoms with E-state index in [9.17, 15) is 9.59 Å². The lowest BCUT2D eigenvalue weighted by molar-refractivity contribution is 0.0635. The molecule has 1 aliphatic heterocycles. The summed E-state index contributed by atoms with van der Waals surface area (Å²) in [5, 5.41) is 5.70. The van der Waals surface area contributed by atoms with E-state index in [1.165, 1.54) is 5.56 Å². The molecule has 7 nitrogen and oxygen atoms in total. The van der Waals surface area contributed by atoms with Crippen LogP contribution in [0.2, 0.25) is 0 Å². The first-order valence-corrected chi connectivity index (χ1v) is 11.6. The Bertz CT molecular complexity index is 929. The molecule has 0 bridgehead atoms. The first kappa shape index (κ1) is 24.7. The van der Waals surface area contributed by atoms with E-state index in [0.717, 1.165) is 44.8 Å². The Morgan fingerprint density at radius 1 is 0.909 bits per heavy atom. The molecule has 7 heteroatoms. The average Bonchev–Trinajstić information content (AvgIpc) is 2.78. The van der Waals surface area contributed by atoms with Crippen LogP contribution in [0.3, 0.4) is 0 Å². The Morgan fingerprint density at radius 3 is 2.12 bits per heavy atom. The highest BCUT2D eigenvalue weighted by Gasteiger charge is 2.18. The van der Waals surface area contributed by atoms with E-state index in [-0.39, 0.29) is 5.91 Å². The van der Waals surface area contributed by atoms with Gasteiger partial charge >= 0.3 is 6.09 Å². The number of piperazine rings is 1. The molecule has 2 N–H and O–H groups in total. The quantitative estimate of drug-likeness (QED) is 0.662. The van der Waals surface area contributed by atoms with Gasteiger partial charge in [-0.1, -0.05) is 31.2 Å². The first-order chi connectivity index (χ1) is 15.7. The zero-order valence-electron chi connectivity index (χ0n) is 20.2. The van der Waals surface area contributed by atoms with E-state index in [0.29, 0.717) is 17.8 Å². The molecular formula is C26H36N4O3. The summed E-state index contributed by atoms with van der Waals surface area (Å²) in [5.74, 6) is -0.148. The molecule has 2 aromatic carbocycles. The van der Waals surface area contributed by atoms with E-state index in [2.05, 4.69) is 45.6 Å². The number of hydrogen-bond donors (Lipinski definition) is 2. The van der Waals surface area contributed by atoms with Gasteiger partial charge in [0.2, 0.25) is 0 Å². The van der Waals surface area contributed by atoms with Gasteiger partial charge < -0.3 is 15.0 Å². The van der Waals surface area contributed by atoms with Gasteiger partial charge in [-0.3, -0.25) is 15.0 Å². The van der Waals surface area contributed by atoms with Crippen LogP contribution >= 0.6 is 0 Å². The summed E-state index contributed by atoms with van der Waals surface area (Å²) in [4.78, 5) is 29.5. The van der Waals surface area contributed by atoms with Crippen molar-refractivity contribution in [1.82, 2.24) is 15.1 Å². The Labute approximate surface area is 197 Å². The summed E-state index contributed by atoms with van der Waals surface area (Å²) in [6.45, 7) is 14.5. The number of amides is 2. The van der Waals surface area contributed by atoms with Crippen LogP contribution in [0.25, 0.3) is 0 Å². The van der Waals surface area contributed by atoms with Crippen LogP contribution in [0, 0.1) is 0 Å². The van der Waals surface area contributed by atoms with Crippen molar-refractivity contribution in [2.75, 3.05) is 38.0 Å². The fraction of sp³-hybridized carbons (Fsp3) is 0.462. The molecule has 1 heterocycles. The molecule has 3 rings (SSSR count). The zero-order chi connectivity index (χ0) is 23.8. The van der Waals surface area contributed by atoms with Gasteiger partial charge in [0.05, 0.1) is 0 Å². The highest BCUT2D eigenvalue weighted by molar-refractivity contribution is 5.95. The maximum atomic E-state index is 12.7. The number of nitrogens with one attached hydrogen (secondary N) is 2. The van der Waals surface area contributed by atoms with Crippen molar-refractivity contribution in [2.45, 2.75) is 46.4 Å². The lowest BCUT2D eigenvalue weighted by atomic mass is 10.1. The topological polar surface area (TPSA) is 73.9 Å². The van der Waals surface area contributed by atoms with Gasteiger partial charge in [-0.15, -0.1) is 0 Å². The molecule has 2 aromatic rings. The average molecular weight is 453 g/mol.